The van der Waals surface area contributed by atoms with Crippen LogP contribution in [0.5, 0.6) is 0 Å². The normalized spacial score (nSPS) is 11.4. The Kier molecular flexibility index (Phi) is 7.30. The lowest BCUT2D eigenvalue weighted by Crippen LogP contribution is -2.37. The quantitative estimate of drug-likeness (QED) is 0.634. The maximum Gasteiger partial charge on any atom is 0.0351 e. The third-order valence-electron chi connectivity index (χ3n) is 3.36. The number of halogens is 1. The molecule has 0 saturated heterocycles. The number of hydrogen-bond acceptors (Lipinski definition) is 1. The van der Waals surface area contributed by atoms with Gasteiger partial charge in [0.1, 0.15) is 0 Å². The molecule has 0 aliphatic rings. The molecule has 1 aromatic carbocycles. The number of hydrogen-bond donors (Lipinski definition) is 0. The van der Waals surface area contributed by atoms with Crippen molar-refractivity contribution in [2.24, 2.45) is 0 Å². The van der Waals surface area contributed by atoms with Crippen molar-refractivity contribution in [1.29, 1.82) is 0 Å². The van der Waals surface area contributed by atoms with Crippen molar-refractivity contribution in [3.05, 3.63) is 35.9 Å². The van der Waals surface area contributed by atoms with E-state index in [1.165, 1.54) is 18.4 Å². The third-order valence-corrected chi connectivity index (χ3v) is 3.53. The van der Waals surface area contributed by atoms with Crippen molar-refractivity contribution in [2.75, 3.05) is 19.0 Å². The van der Waals surface area contributed by atoms with Gasteiger partial charge in [0.05, 0.1) is 0 Å². The Hall–Kier alpha value is -0.530. The van der Waals surface area contributed by atoms with Crippen LogP contribution in [0.3, 0.4) is 0 Å². The topological polar surface area (TPSA) is 3.24 Å². The van der Waals surface area contributed by atoms with E-state index in [0.717, 1.165) is 25.4 Å². The second-order valence-electron chi connectivity index (χ2n) is 4.43. The van der Waals surface area contributed by atoms with Gasteiger partial charge in [-0.3, -0.25) is 4.90 Å². The summed E-state index contributed by atoms with van der Waals surface area (Å²) in [5.41, 5.74) is 1.41. The largest absolute Gasteiger partial charge is 0.299 e. The minimum absolute atomic E-state index is 0.678. The Morgan fingerprint density at radius 3 is 2.24 bits per heavy atom. The SMILES string of the molecule is CCC(CC)N(CCCl)CCc1ccccc1. The molecule has 0 radical (unpaired) electrons. The molecule has 0 fully saturated rings. The molecule has 0 aliphatic carbocycles. The summed E-state index contributed by atoms with van der Waals surface area (Å²) in [5, 5.41) is 0. The van der Waals surface area contributed by atoms with Crippen LogP contribution in [0.1, 0.15) is 32.3 Å². The highest BCUT2D eigenvalue weighted by Crippen LogP contribution is 2.10. The van der Waals surface area contributed by atoms with Crippen molar-refractivity contribution in [3.8, 4) is 0 Å². The van der Waals surface area contributed by atoms with E-state index in [4.69, 9.17) is 11.6 Å². The number of rotatable bonds is 8. The highest BCUT2D eigenvalue weighted by Gasteiger charge is 2.13. The Balaban J connectivity index is 2.49. The maximum absolute atomic E-state index is 5.89. The van der Waals surface area contributed by atoms with Gasteiger partial charge in [-0.05, 0) is 24.8 Å². The maximum atomic E-state index is 5.89. The molecular formula is C15H24ClN. The smallest absolute Gasteiger partial charge is 0.0351 e. The molecule has 0 amide bonds. The summed E-state index contributed by atoms with van der Waals surface area (Å²) >= 11 is 5.89. The average molecular weight is 254 g/mol. The van der Waals surface area contributed by atoms with E-state index in [1.54, 1.807) is 0 Å². The van der Waals surface area contributed by atoms with Gasteiger partial charge >= 0.3 is 0 Å². The second kappa shape index (κ2) is 8.54. The lowest BCUT2D eigenvalue weighted by atomic mass is 10.1. The van der Waals surface area contributed by atoms with Gasteiger partial charge in [-0.25, -0.2) is 0 Å². The van der Waals surface area contributed by atoms with Crippen LogP contribution in [0.25, 0.3) is 0 Å². The molecule has 0 spiro atoms. The predicted octanol–water partition coefficient (Wildman–Crippen LogP) is 3.96. The highest BCUT2D eigenvalue weighted by atomic mass is 35.5. The Morgan fingerprint density at radius 1 is 1.06 bits per heavy atom. The van der Waals surface area contributed by atoms with Crippen LogP contribution < -0.4 is 0 Å². The molecule has 0 heterocycles. The lowest BCUT2D eigenvalue weighted by molar-refractivity contribution is 0.199. The zero-order valence-corrected chi connectivity index (χ0v) is 11.8. The fourth-order valence-corrected chi connectivity index (χ4v) is 2.53. The molecule has 1 rings (SSSR count). The molecule has 0 aliphatic heterocycles. The zero-order valence-electron chi connectivity index (χ0n) is 11.0. The number of nitrogens with zero attached hydrogens (tertiary/aromatic N) is 1. The molecular weight excluding hydrogens is 230 g/mol. The summed E-state index contributed by atoms with van der Waals surface area (Å²) in [5.74, 6) is 0.727. The molecule has 0 bridgehead atoms. The minimum Gasteiger partial charge on any atom is -0.299 e. The molecule has 1 aromatic rings. The first kappa shape index (κ1) is 14.5. The van der Waals surface area contributed by atoms with Gasteiger partial charge < -0.3 is 0 Å². The molecule has 0 atom stereocenters. The van der Waals surface area contributed by atoms with E-state index in [1.807, 2.05) is 0 Å². The first-order valence-corrected chi connectivity index (χ1v) is 7.19. The minimum atomic E-state index is 0.678. The monoisotopic (exact) mass is 253 g/mol. The molecule has 17 heavy (non-hydrogen) atoms. The van der Waals surface area contributed by atoms with Crippen molar-refractivity contribution in [2.45, 2.75) is 39.2 Å². The van der Waals surface area contributed by atoms with Crippen molar-refractivity contribution in [3.63, 3.8) is 0 Å². The van der Waals surface area contributed by atoms with Crippen molar-refractivity contribution < 1.29 is 0 Å². The van der Waals surface area contributed by atoms with Gasteiger partial charge in [-0.15, -0.1) is 11.6 Å². The van der Waals surface area contributed by atoms with Crippen LogP contribution in [0.2, 0.25) is 0 Å². The van der Waals surface area contributed by atoms with Gasteiger partial charge in [0.15, 0.2) is 0 Å². The third kappa shape index (κ3) is 5.10. The number of alkyl halides is 1. The zero-order chi connectivity index (χ0) is 12.5. The van der Waals surface area contributed by atoms with E-state index in [0.29, 0.717) is 6.04 Å². The standard InChI is InChI=1S/C15H24ClN/c1-3-15(4-2)17(13-11-16)12-10-14-8-6-5-7-9-14/h5-9,15H,3-4,10-13H2,1-2H3. The van der Waals surface area contributed by atoms with Gasteiger partial charge in [-0.2, -0.15) is 0 Å². The van der Waals surface area contributed by atoms with Gasteiger partial charge in [0.2, 0.25) is 0 Å². The molecule has 0 unspecified atom stereocenters. The van der Waals surface area contributed by atoms with Gasteiger partial charge in [0.25, 0.3) is 0 Å². The summed E-state index contributed by atoms with van der Waals surface area (Å²) in [6.45, 7) is 6.64. The van der Waals surface area contributed by atoms with Gasteiger partial charge in [0, 0.05) is 25.0 Å². The first-order chi connectivity index (χ1) is 8.31. The predicted molar refractivity (Wildman–Crippen MR) is 76.8 cm³/mol. The second-order valence-corrected chi connectivity index (χ2v) is 4.81. The lowest BCUT2D eigenvalue weighted by Gasteiger charge is -2.29. The van der Waals surface area contributed by atoms with E-state index in [-0.39, 0.29) is 0 Å². The van der Waals surface area contributed by atoms with E-state index in [9.17, 15) is 0 Å². The Morgan fingerprint density at radius 2 is 1.71 bits per heavy atom. The van der Waals surface area contributed by atoms with E-state index < -0.39 is 0 Å². The summed E-state index contributed by atoms with van der Waals surface area (Å²) in [6.07, 6.45) is 3.54. The molecule has 1 nitrogen and oxygen atoms in total. The van der Waals surface area contributed by atoms with Crippen LogP contribution in [0.4, 0.5) is 0 Å². The Bertz CT molecular complexity index is 282. The molecule has 0 saturated carbocycles. The molecule has 0 aromatic heterocycles. The van der Waals surface area contributed by atoms with Crippen molar-refractivity contribution >= 4 is 11.6 Å². The molecule has 0 N–H and O–H groups in total. The van der Waals surface area contributed by atoms with E-state index in [2.05, 4.69) is 49.1 Å². The summed E-state index contributed by atoms with van der Waals surface area (Å²) in [4.78, 5) is 2.53. The average Bonchev–Trinajstić information content (AvgIpc) is 2.38. The highest BCUT2D eigenvalue weighted by molar-refractivity contribution is 6.18. The van der Waals surface area contributed by atoms with Gasteiger partial charge in [-0.1, -0.05) is 44.2 Å². The summed E-state index contributed by atoms with van der Waals surface area (Å²) in [6, 6.07) is 11.4. The first-order valence-electron chi connectivity index (χ1n) is 6.65. The van der Waals surface area contributed by atoms with E-state index >= 15 is 0 Å². The van der Waals surface area contributed by atoms with Crippen LogP contribution in [0.15, 0.2) is 30.3 Å². The number of benzene rings is 1. The van der Waals surface area contributed by atoms with Crippen LogP contribution in [-0.2, 0) is 6.42 Å². The molecule has 2 heteroatoms. The summed E-state index contributed by atoms with van der Waals surface area (Å²) in [7, 11) is 0. The van der Waals surface area contributed by atoms with Crippen molar-refractivity contribution in [1.82, 2.24) is 4.90 Å². The van der Waals surface area contributed by atoms with Crippen LogP contribution in [0, 0.1) is 0 Å². The van der Waals surface area contributed by atoms with Crippen LogP contribution >= 0.6 is 11.6 Å². The fraction of sp³-hybridized carbons (Fsp3) is 0.600. The fourth-order valence-electron chi connectivity index (χ4n) is 2.31. The Labute approximate surface area is 111 Å². The summed E-state index contributed by atoms with van der Waals surface area (Å²) < 4.78 is 0. The molecule has 96 valence electrons. The van der Waals surface area contributed by atoms with Crippen LogP contribution in [-0.4, -0.2) is 29.9 Å².